The van der Waals surface area contributed by atoms with Crippen LogP contribution >= 0.6 is 15.9 Å². The average Bonchev–Trinajstić information content (AvgIpc) is 2.28. The summed E-state index contributed by atoms with van der Waals surface area (Å²) in [5.74, 6) is -0.0536. The second kappa shape index (κ2) is 4.90. The van der Waals surface area contributed by atoms with Crippen molar-refractivity contribution in [1.29, 1.82) is 0 Å². The number of rotatable bonds is 3. The molecular weight excluding hydrogens is 300 g/mol. The van der Waals surface area contributed by atoms with E-state index in [0.717, 1.165) is 21.3 Å². The van der Waals surface area contributed by atoms with Gasteiger partial charge >= 0.3 is 5.97 Å². The molecule has 0 amide bonds. The van der Waals surface area contributed by atoms with Crippen LogP contribution in [0.3, 0.4) is 0 Å². The molecule has 0 aliphatic carbocycles. The number of carboxylic acids is 1. The smallest absolute Gasteiger partial charge is 0.309 e. The summed E-state index contributed by atoms with van der Waals surface area (Å²) in [6, 6.07) is 3.85. The van der Waals surface area contributed by atoms with E-state index in [1.54, 1.807) is 13.8 Å². The summed E-state index contributed by atoms with van der Waals surface area (Å²) in [4.78, 5) is 11.2. The minimum absolute atomic E-state index is 0.217. The molecule has 0 fully saturated rings. The summed E-state index contributed by atoms with van der Waals surface area (Å²) in [5, 5.41) is 9.20. The molecule has 0 unspecified atom stereocenters. The fourth-order valence-electron chi connectivity index (χ4n) is 1.94. The van der Waals surface area contributed by atoms with Crippen molar-refractivity contribution in [3.05, 3.63) is 27.7 Å². The Morgan fingerprint density at radius 3 is 2.89 bits per heavy atom. The highest BCUT2D eigenvalue weighted by Crippen LogP contribution is 2.35. The highest BCUT2D eigenvalue weighted by atomic mass is 79.9. The van der Waals surface area contributed by atoms with Crippen molar-refractivity contribution in [3.63, 3.8) is 0 Å². The van der Waals surface area contributed by atoms with Gasteiger partial charge in [0.25, 0.3) is 0 Å². The van der Waals surface area contributed by atoms with Crippen LogP contribution in [0.25, 0.3) is 0 Å². The largest absolute Gasteiger partial charge is 0.481 e. The molecule has 0 spiro atoms. The van der Waals surface area contributed by atoms with Gasteiger partial charge in [0.1, 0.15) is 5.75 Å². The van der Waals surface area contributed by atoms with E-state index in [9.17, 15) is 9.90 Å². The summed E-state index contributed by atoms with van der Waals surface area (Å²) in [7, 11) is 0. The first kappa shape index (κ1) is 13.4. The molecule has 1 heterocycles. The van der Waals surface area contributed by atoms with Crippen molar-refractivity contribution in [1.82, 2.24) is 0 Å². The molecule has 18 heavy (non-hydrogen) atoms. The van der Waals surface area contributed by atoms with E-state index in [0.29, 0.717) is 13.0 Å². The SMILES string of the molecule is CC(C)(Cc1cc(Br)cc2c1OCOC2)C(=O)O. The Morgan fingerprint density at radius 2 is 2.22 bits per heavy atom. The predicted molar refractivity (Wildman–Crippen MR) is 69.5 cm³/mol. The van der Waals surface area contributed by atoms with Crippen molar-refractivity contribution >= 4 is 21.9 Å². The number of benzene rings is 1. The summed E-state index contributed by atoms with van der Waals surface area (Å²) in [6.45, 7) is 4.13. The van der Waals surface area contributed by atoms with Gasteiger partial charge in [-0.15, -0.1) is 0 Å². The minimum Gasteiger partial charge on any atom is -0.481 e. The van der Waals surface area contributed by atoms with Gasteiger partial charge in [-0.2, -0.15) is 0 Å². The molecule has 0 saturated carbocycles. The third-order valence-electron chi connectivity index (χ3n) is 2.96. The molecule has 2 rings (SSSR count). The van der Waals surface area contributed by atoms with Crippen LogP contribution in [0.5, 0.6) is 5.75 Å². The zero-order valence-corrected chi connectivity index (χ0v) is 11.9. The van der Waals surface area contributed by atoms with Crippen molar-refractivity contribution < 1.29 is 19.4 Å². The van der Waals surface area contributed by atoms with E-state index in [-0.39, 0.29) is 6.79 Å². The lowest BCUT2D eigenvalue weighted by Gasteiger charge is -2.25. The van der Waals surface area contributed by atoms with Crippen molar-refractivity contribution in [3.8, 4) is 5.75 Å². The fourth-order valence-corrected chi connectivity index (χ4v) is 2.49. The second-order valence-electron chi connectivity index (χ2n) is 5.03. The van der Waals surface area contributed by atoms with Crippen LogP contribution in [0, 0.1) is 5.41 Å². The Hall–Kier alpha value is -1.07. The van der Waals surface area contributed by atoms with Gasteiger partial charge in [-0.1, -0.05) is 15.9 Å². The molecule has 0 aromatic heterocycles. The minimum atomic E-state index is -0.823. The van der Waals surface area contributed by atoms with Gasteiger partial charge in [-0.05, 0) is 38.0 Å². The molecule has 1 aromatic rings. The van der Waals surface area contributed by atoms with Crippen LogP contribution in [0.15, 0.2) is 16.6 Å². The summed E-state index contributed by atoms with van der Waals surface area (Å²) in [5.41, 5.74) is 1.03. The topological polar surface area (TPSA) is 55.8 Å². The predicted octanol–water partition coefficient (Wildman–Crippen LogP) is 2.97. The molecule has 5 heteroatoms. The number of halogens is 1. The van der Waals surface area contributed by atoms with Crippen LogP contribution in [-0.4, -0.2) is 17.9 Å². The van der Waals surface area contributed by atoms with Crippen LogP contribution < -0.4 is 4.74 Å². The molecule has 0 radical (unpaired) electrons. The van der Waals surface area contributed by atoms with E-state index >= 15 is 0 Å². The summed E-state index contributed by atoms with van der Waals surface area (Å²) >= 11 is 3.43. The second-order valence-corrected chi connectivity index (χ2v) is 5.95. The lowest BCUT2D eigenvalue weighted by Crippen LogP contribution is -2.27. The van der Waals surface area contributed by atoms with Gasteiger partial charge in [0.05, 0.1) is 12.0 Å². The third kappa shape index (κ3) is 2.67. The molecule has 1 aromatic carbocycles. The molecule has 1 aliphatic heterocycles. The summed E-state index contributed by atoms with van der Waals surface area (Å²) in [6.07, 6.45) is 0.421. The third-order valence-corrected chi connectivity index (χ3v) is 3.42. The Bertz CT molecular complexity index is 482. The number of ether oxygens (including phenoxy) is 2. The highest BCUT2D eigenvalue weighted by molar-refractivity contribution is 9.10. The number of aliphatic carboxylic acids is 1. The maximum absolute atomic E-state index is 11.2. The van der Waals surface area contributed by atoms with Gasteiger partial charge in [0.15, 0.2) is 6.79 Å². The van der Waals surface area contributed by atoms with E-state index in [1.807, 2.05) is 12.1 Å². The van der Waals surface area contributed by atoms with Crippen LogP contribution in [0.2, 0.25) is 0 Å². The monoisotopic (exact) mass is 314 g/mol. The number of hydrogen-bond donors (Lipinski definition) is 1. The molecule has 0 saturated heterocycles. The first-order valence-corrected chi connectivity index (χ1v) is 6.45. The van der Waals surface area contributed by atoms with Crippen LogP contribution in [0.4, 0.5) is 0 Å². The molecule has 0 atom stereocenters. The maximum Gasteiger partial charge on any atom is 0.309 e. The zero-order chi connectivity index (χ0) is 13.3. The Labute approximate surface area is 114 Å². The van der Waals surface area contributed by atoms with E-state index in [4.69, 9.17) is 9.47 Å². The average molecular weight is 315 g/mol. The summed E-state index contributed by atoms with van der Waals surface area (Å²) < 4.78 is 11.6. The standard InChI is InChI=1S/C13H15BrO4/c1-13(2,12(15)16)5-8-3-10(14)4-9-6-17-7-18-11(8)9/h3-4H,5-7H2,1-2H3,(H,15,16). The number of carbonyl (C=O) groups is 1. The van der Waals surface area contributed by atoms with Crippen LogP contribution in [0.1, 0.15) is 25.0 Å². The molecular formula is C13H15BrO4. The number of fused-ring (bicyclic) bond motifs is 1. The number of carboxylic acid groups (broad SMARTS) is 1. The normalized spacial score (nSPS) is 14.8. The van der Waals surface area contributed by atoms with Crippen LogP contribution in [-0.2, 0) is 22.6 Å². The zero-order valence-electron chi connectivity index (χ0n) is 10.3. The Balaban J connectivity index is 2.38. The van der Waals surface area contributed by atoms with Crippen molar-refractivity contribution in [2.45, 2.75) is 26.9 Å². The van der Waals surface area contributed by atoms with Gasteiger partial charge < -0.3 is 14.6 Å². The van der Waals surface area contributed by atoms with Gasteiger partial charge in [0.2, 0.25) is 0 Å². The van der Waals surface area contributed by atoms with Gasteiger partial charge in [-0.3, -0.25) is 4.79 Å². The van der Waals surface area contributed by atoms with Gasteiger partial charge in [0, 0.05) is 10.0 Å². The first-order chi connectivity index (χ1) is 8.40. The Morgan fingerprint density at radius 1 is 1.50 bits per heavy atom. The van der Waals surface area contributed by atoms with Gasteiger partial charge in [-0.25, -0.2) is 0 Å². The lowest BCUT2D eigenvalue weighted by atomic mass is 9.85. The molecule has 98 valence electrons. The van der Waals surface area contributed by atoms with E-state index in [1.165, 1.54) is 0 Å². The van der Waals surface area contributed by atoms with E-state index < -0.39 is 11.4 Å². The lowest BCUT2D eigenvalue weighted by molar-refractivity contribution is -0.146. The van der Waals surface area contributed by atoms with Crippen molar-refractivity contribution in [2.75, 3.05) is 6.79 Å². The number of hydrogen-bond acceptors (Lipinski definition) is 3. The first-order valence-electron chi connectivity index (χ1n) is 5.65. The Kier molecular flexibility index (Phi) is 3.64. The van der Waals surface area contributed by atoms with E-state index in [2.05, 4.69) is 15.9 Å². The molecule has 0 bridgehead atoms. The van der Waals surface area contributed by atoms with Crippen molar-refractivity contribution in [2.24, 2.45) is 5.41 Å². The molecule has 4 nitrogen and oxygen atoms in total. The molecule has 1 aliphatic rings. The maximum atomic E-state index is 11.2. The fraction of sp³-hybridized carbons (Fsp3) is 0.462. The highest BCUT2D eigenvalue weighted by Gasteiger charge is 2.30. The quantitative estimate of drug-likeness (QED) is 0.932. The molecule has 1 N–H and O–H groups in total.